The van der Waals surface area contributed by atoms with Gasteiger partial charge in [-0.15, -0.1) is 0 Å². The number of hydrogen-bond acceptors (Lipinski definition) is 14. The molecule has 0 heterocycles. The third-order valence-electron chi connectivity index (χ3n) is 10.5. The molecule has 0 aliphatic rings. The Bertz CT molecular complexity index is 1700. The molecular formula is C44H73N7O18. The summed E-state index contributed by atoms with van der Waals surface area (Å²) in [5, 5.41) is 71.4. The summed E-state index contributed by atoms with van der Waals surface area (Å²) in [6.45, 7) is -2.02. The van der Waals surface area contributed by atoms with E-state index in [2.05, 4.69) is 37.2 Å². The fourth-order valence-corrected chi connectivity index (χ4v) is 6.62. The monoisotopic (exact) mass is 988 g/mol. The lowest BCUT2D eigenvalue weighted by Crippen LogP contribution is -2.56. The van der Waals surface area contributed by atoms with Crippen LogP contribution in [0, 0.1) is 0 Å². The number of carboxylic acids is 4. The second-order valence-corrected chi connectivity index (χ2v) is 16.6. The van der Waals surface area contributed by atoms with E-state index in [1.807, 2.05) is 0 Å². The van der Waals surface area contributed by atoms with Gasteiger partial charge in [-0.05, 0) is 39.0 Å². The highest BCUT2D eigenvalue weighted by Gasteiger charge is 2.29. The number of aliphatic carboxylic acids is 4. The molecule has 0 spiro atoms. The number of unbranched alkanes of at least 4 members (excludes halogenated alkanes) is 13. The summed E-state index contributed by atoms with van der Waals surface area (Å²) in [7, 11) is 0. The predicted molar refractivity (Wildman–Crippen MR) is 243 cm³/mol. The number of aliphatic hydroxyl groups is 2. The van der Waals surface area contributed by atoms with Crippen LogP contribution < -0.4 is 37.2 Å². The van der Waals surface area contributed by atoms with E-state index < -0.39 is 160 Å². The summed E-state index contributed by atoms with van der Waals surface area (Å²) in [5.74, 6) is -12.0. The van der Waals surface area contributed by atoms with Gasteiger partial charge in [0, 0.05) is 32.1 Å². The fourth-order valence-electron chi connectivity index (χ4n) is 6.62. The van der Waals surface area contributed by atoms with Crippen LogP contribution in [0.1, 0.15) is 148 Å². The topological polar surface area (TPSA) is 410 Å². The fraction of sp³-hybridized carbons (Fsp3) is 0.727. The molecule has 5 atom stereocenters. The summed E-state index contributed by atoms with van der Waals surface area (Å²) >= 11 is 0. The zero-order valence-corrected chi connectivity index (χ0v) is 39.4. The quantitative estimate of drug-likeness (QED) is 0.0331. The molecule has 0 fully saturated rings. The minimum absolute atomic E-state index is 0.0859. The summed E-state index contributed by atoms with van der Waals surface area (Å²) in [6.07, 6.45) is 11.2. The highest BCUT2D eigenvalue weighted by atomic mass is 16.4. The van der Waals surface area contributed by atoms with Crippen molar-refractivity contribution in [1.82, 2.24) is 37.2 Å². The van der Waals surface area contributed by atoms with E-state index in [1.54, 1.807) is 0 Å². The standard InChI is InChI=1S/C44H73N7O18/c1-28(54)24-45-41(64)33(27-53)51-42(65)29(20-23-39(61)62)47-37(58)25-46-40(63)32(26-52)50-36(57)22-19-31(44(68)69)49-35(56)21-18-30(43(66)67)48-34(55)16-14-12-10-8-6-4-2-3-5-7-9-11-13-15-17-38(59)60/h29-33,52-53H,2-27H2,1H3,(H,45,64)(H,46,63)(H,47,58)(H,48,55)(H,49,56)(H,50,57)(H,51,65)(H,59,60)(H,61,62)(H,66,67)(H,68,69)/t29-,30-,31?,32-,33-/m0/s1. The van der Waals surface area contributed by atoms with Crippen molar-refractivity contribution in [2.75, 3.05) is 26.3 Å². The number of Topliss-reactive ketones (excluding diaryl/α,β-unsaturated/α-hetero) is 1. The maximum absolute atomic E-state index is 12.8. The lowest BCUT2D eigenvalue weighted by Gasteiger charge is -2.22. The van der Waals surface area contributed by atoms with Crippen LogP contribution >= 0.6 is 0 Å². The van der Waals surface area contributed by atoms with E-state index in [0.29, 0.717) is 6.42 Å². The minimum atomic E-state index is -1.67. The minimum Gasteiger partial charge on any atom is -0.481 e. The number of ketones is 1. The normalized spacial score (nSPS) is 13.0. The van der Waals surface area contributed by atoms with Crippen molar-refractivity contribution in [2.45, 2.75) is 178 Å². The average Bonchev–Trinajstić information content (AvgIpc) is 3.28. The van der Waals surface area contributed by atoms with Crippen LogP contribution in [-0.4, -0.2) is 158 Å². The zero-order valence-electron chi connectivity index (χ0n) is 39.4. The summed E-state index contributed by atoms with van der Waals surface area (Å²) in [6, 6.07) is -7.90. The van der Waals surface area contributed by atoms with E-state index in [9.17, 15) is 78.0 Å². The first kappa shape index (κ1) is 62.8. The molecule has 0 aromatic rings. The van der Waals surface area contributed by atoms with Gasteiger partial charge >= 0.3 is 23.9 Å². The van der Waals surface area contributed by atoms with Gasteiger partial charge in [-0.2, -0.15) is 0 Å². The Balaban J connectivity index is 4.76. The van der Waals surface area contributed by atoms with Gasteiger partial charge in [0.1, 0.15) is 36.0 Å². The van der Waals surface area contributed by atoms with E-state index in [1.165, 1.54) is 13.3 Å². The van der Waals surface area contributed by atoms with Crippen molar-refractivity contribution in [2.24, 2.45) is 0 Å². The molecule has 0 radical (unpaired) electrons. The van der Waals surface area contributed by atoms with Crippen molar-refractivity contribution in [1.29, 1.82) is 0 Å². The maximum atomic E-state index is 12.8. The molecule has 392 valence electrons. The van der Waals surface area contributed by atoms with Gasteiger partial charge in [0.2, 0.25) is 41.4 Å². The first-order valence-corrected chi connectivity index (χ1v) is 23.3. The molecule has 0 rings (SSSR count). The second kappa shape index (κ2) is 37.7. The molecule has 25 nitrogen and oxygen atoms in total. The average molecular weight is 988 g/mol. The van der Waals surface area contributed by atoms with E-state index in [0.717, 1.165) is 77.0 Å². The summed E-state index contributed by atoms with van der Waals surface area (Å²) in [5.41, 5.74) is 0. The molecule has 0 aromatic carbocycles. The van der Waals surface area contributed by atoms with E-state index in [-0.39, 0.29) is 19.3 Å². The lowest BCUT2D eigenvalue weighted by molar-refractivity contribution is -0.143. The number of aliphatic hydroxyl groups excluding tert-OH is 2. The number of carbonyl (C=O) groups excluding carboxylic acids is 8. The Kier molecular flexibility index (Phi) is 34.3. The number of rotatable bonds is 42. The van der Waals surface area contributed by atoms with Gasteiger partial charge in [0.15, 0.2) is 0 Å². The van der Waals surface area contributed by atoms with Gasteiger partial charge in [0.25, 0.3) is 0 Å². The Morgan fingerprint density at radius 1 is 0.348 bits per heavy atom. The molecule has 25 heteroatoms. The van der Waals surface area contributed by atoms with Gasteiger partial charge in [-0.25, -0.2) is 9.59 Å². The molecule has 0 aliphatic heterocycles. The number of carboxylic acid groups (broad SMARTS) is 4. The molecule has 0 aromatic heterocycles. The van der Waals surface area contributed by atoms with Gasteiger partial charge < -0.3 is 67.9 Å². The molecule has 7 amide bonds. The molecule has 0 bridgehead atoms. The number of carbonyl (C=O) groups is 12. The summed E-state index contributed by atoms with van der Waals surface area (Å²) in [4.78, 5) is 144. The Hall–Kier alpha value is -6.24. The third-order valence-corrected chi connectivity index (χ3v) is 10.5. The smallest absolute Gasteiger partial charge is 0.326 e. The van der Waals surface area contributed by atoms with Crippen LogP contribution in [-0.2, 0) is 57.5 Å². The van der Waals surface area contributed by atoms with Gasteiger partial charge in [-0.1, -0.05) is 77.0 Å². The maximum Gasteiger partial charge on any atom is 0.326 e. The van der Waals surface area contributed by atoms with Crippen LogP contribution in [0.15, 0.2) is 0 Å². The molecule has 0 saturated carbocycles. The summed E-state index contributed by atoms with van der Waals surface area (Å²) < 4.78 is 0. The molecular weight excluding hydrogens is 915 g/mol. The van der Waals surface area contributed by atoms with Crippen molar-refractivity contribution in [3.05, 3.63) is 0 Å². The highest BCUT2D eigenvalue weighted by Crippen LogP contribution is 2.14. The van der Waals surface area contributed by atoms with Crippen molar-refractivity contribution in [3.63, 3.8) is 0 Å². The van der Waals surface area contributed by atoms with Crippen LogP contribution in [0.2, 0.25) is 0 Å². The number of amides is 7. The van der Waals surface area contributed by atoms with Crippen LogP contribution in [0.25, 0.3) is 0 Å². The Morgan fingerprint density at radius 3 is 1.07 bits per heavy atom. The van der Waals surface area contributed by atoms with Crippen molar-refractivity contribution < 1.29 is 88.2 Å². The Labute approximate surface area is 400 Å². The van der Waals surface area contributed by atoms with Crippen LogP contribution in [0.5, 0.6) is 0 Å². The van der Waals surface area contributed by atoms with Crippen molar-refractivity contribution in [3.8, 4) is 0 Å². The highest BCUT2D eigenvalue weighted by molar-refractivity contribution is 5.95. The predicted octanol–water partition coefficient (Wildman–Crippen LogP) is -0.863. The van der Waals surface area contributed by atoms with Crippen molar-refractivity contribution >= 4 is 71.0 Å². The molecule has 69 heavy (non-hydrogen) atoms. The third kappa shape index (κ3) is 33.0. The number of hydrogen-bond donors (Lipinski definition) is 13. The largest absolute Gasteiger partial charge is 0.481 e. The zero-order chi connectivity index (χ0) is 52.1. The lowest BCUT2D eigenvalue weighted by atomic mass is 10.0. The van der Waals surface area contributed by atoms with Crippen LogP contribution in [0.3, 0.4) is 0 Å². The first-order valence-electron chi connectivity index (χ1n) is 23.3. The van der Waals surface area contributed by atoms with E-state index >= 15 is 0 Å². The SMILES string of the molecule is CC(=O)CNC(=O)[C@H](CO)NC(=O)[C@H](CCC(=O)O)NC(=O)CNC(=O)[C@H](CO)NC(=O)CCC(NC(=O)CC[C@H](NC(=O)CCCCCCCCCCCCCCCCC(=O)O)C(=O)O)C(=O)O. The molecule has 13 N–H and O–H groups in total. The van der Waals surface area contributed by atoms with E-state index in [4.69, 9.17) is 10.2 Å². The Morgan fingerprint density at radius 2 is 0.681 bits per heavy atom. The molecule has 1 unspecified atom stereocenters. The molecule has 0 aliphatic carbocycles. The number of nitrogens with one attached hydrogen (secondary N) is 7. The first-order chi connectivity index (χ1) is 32.7. The van der Waals surface area contributed by atoms with Gasteiger partial charge in [-0.3, -0.25) is 47.9 Å². The second-order valence-electron chi connectivity index (χ2n) is 16.6. The van der Waals surface area contributed by atoms with Gasteiger partial charge in [0.05, 0.1) is 26.3 Å². The van der Waals surface area contributed by atoms with Crippen LogP contribution in [0.4, 0.5) is 0 Å². The molecule has 0 saturated heterocycles.